The second kappa shape index (κ2) is 7.63. The minimum atomic E-state index is -3.29. The Bertz CT molecular complexity index is 1430. The smallest absolute Gasteiger partial charge is 0.306 e. The number of nitrogens with one attached hydrogen (secondary N) is 1. The summed E-state index contributed by atoms with van der Waals surface area (Å²) in [5, 5.41) is 9.92. The lowest BCUT2D eigenvalue weighted by atomic mass is 9.99. The molecule has 2 N–H and O–H groups in total. The van der Waals surface area contributed by atoms with E-state index in [9.17, 15) is 27.9 Å². The van der Waals surface area contributed by atoms with Crippen LogP contribution in [0.3, 0.4) is 0 Å². The zero-order valence-electron chi connectivity index (χ0n) is 17.9. The number of carbonyl (C=O) groups excluding carboxylic acids is 1. The molecule has 168 valence electrons. The predicted octanol–water partition coefficient (Wildman–Crippen LogP) is 2.04. The molecule has 0 spiro atoms. The van der Waals surface area contributed by atoms with Gasteiger partial charge in [-0.25, -0.2) is 8.42 Å². The van der Waals surface area contributed by atoms with Gasteiger partial charge >= 0.3 is 5.97 Å². The molecule has 0 radical (unpaired) electrons. The zero-order valence-corrected chi connectivity index (χ0v) is 18.7. The summed E-state index contributed by atoms with van der Waals surface area (Å²) in [6.45, 7) is 1.63. The molecule has 0 aliphatic carbocycles. The molecule has 3 heterocycles. The summed E-state index contributed by atoms with van der Waals surface area (Å²) in [5.74, 6) is -2.46. The molecular weight excluding hydrogens is 434 g/mol. The number of rotatable bonds is 5. The van der Waals surface area contributed by atoms with Crippen molar-refractivity contribution in [1.29, 1.82) is 0 Å². The standard InChI is InChI=1S/C22H23N3O6S/c1-12(22(28)29)6-18(26)25-9-14-8-23-20-19(14)16(10-24(2)21(20)27)15-7-13(4-5-17(15)25)11-32(3,30)31/h4-5,7-8,10,12,23H,6,9,11H2,1-3H3,(H,28,29). The van der Waals surface area contributed by atoms with E-state index in [1.54, 1.807) is 37.6 Å². The van der Waals surface area contributed by atoms with Crippen molar-refractivity contribution in [3.8, 4) is 11.1 Å². The minimum Gasteiger partial charge on any atom is -0.481 e. The van der Waals surface area contributed by atoms with Crippen LogP contribution in [0.15, 0.2) is 35.4 Å². The number of carboxylic acid groups (broad SMARTS) is 1. The van der Waals surface area contributed by atoms with Gasteiger partial charge in [-0.1, -0.05) is 13.0 Å². The molecule has 4 rings (SSSR count). The van der Waals surface area contributed by atoms with Crippen molar-refractivity contribution in [2.24, 2.45) is 13.0 Å². The third kappa shape index (κ3) is 3.81. The molecule has 3 aromatic rings. The van der Waals surface area contributed by atoms with E-state index in [-0.39, 0.29) is 30.2 Å². The van der Waals surface area contributed by atoms with Gasteiger partial charge in [-0.15, -0.1) is 0 Å². The number of benzene rings is 1. The number of nitrogens with zero attached hydrogens (tertiary/aromatic N) is 2. The van der Waals surface area contributed by atoms with Gasteiger partial charge in [0, 0.05) is 48.6 Å². The molecule has 1 aliphatic rings. The van der Waals surface area contributed by atoms with Crippen LogP contribution in [0.1, 0.15) is 24.5 Å². The number of pyridine rings is 1. The Labute approximate surface area is 184 Å². The second-order valence-corrected chi connectivity index (χ2v) is 10.5. The van der Waals surface area contributed by atoms with Gasteiger partial charge in [-0.05, 0) is 23.3 Å². The highest BCUT2D eigenvalue weighted by atomic mass is 32.2. The van der Waals surface area contributed by atoms with Crippen LogP contribution in [0.4, 0.5) is 5.69 Å². The average Bonchev–Trinajstić information content (AvgIpc) is 3.06. The van der Waals surface area contributed by atoms with Crippen LogP contribution in [-0.2, 0) is 38.8 Å². The quantitative estimate of drug-likeness (QED) is 0.603. The average molecular weight is 458 g/mol. The molecular formula is C22H23N3O6S. The normalized spacial score (nSPS) is 14.2. The van der Waals surface area contributed by atoms with Crippen LogP contribution < -0.4 is 10.5 Å². The first-order chi connectivity index (χ1) is 15.0. The van der Waals surface area contributed by atoms with Crippen LogP contribution >= 0.6 is 0 Å². The number of hydrogen-bond acceptors (Lipinski definition) is 5. The lowest BCUT2D eigenvalue weighted by Crippen LogP contribution is -2.32. The number of hydrogen-bond donors (Lipinski definition) is 2. The topological polar surface area (TPSA) is 130 Å². The Morgan fingerprint density at radius 2 is 1.97 bits per heavy atom. The third-order valence-corrected chi connectivity index (χ3v) is 6.55. The summed E-state index contributed by atoms with van der Waals surface area (Å²) in [6.07, 6.45) is 4.32. The van der Waals surface area contributed by atoms with Gasteiger partial charge in [0.1, 0.15) is 5.52 Å². The Morgan fingerprint density at radius 3 is 2.62 bits per heavy atom. The molecule has 9 nitrogen and oxygen atoms in total. The van der Waals surface area contributed by atoms with Gasteiger partial charge in [-0.2, -0.15) is 0 Å². The van der Waals surface area contributed by atoms with E-state index in [0.717, 1.165) is 11.8 Å². The number of aliphatic carboxylic acids is 1. The maximum Gasteiger partial charge on any atom is 0.306 e. The highest BCUT2D eigenvalue weighted by Crippen LogP contribution is 2.41. The number of aromatic amines is 1. The molecule has 1 amide bonds. The minimum absolute atomic E-state index is 0.157. The lowest BCUT2D eigenvalue weighted by Gasteiger charge is -2.25. The molecule has 1 atom stereocenters. The summed E-state index contributed by atoms with van der Waals surface area (Å²) in [4.78, 5) is 41.6. The highest BCUT2D eigenvalue weighted by molar-refractivity contribution is 7.89. The number of amides is 1. The SMILES string of the molecule is CC(CC(=O)N1Cc2c[nH]c3c(=O)n(C)cc(c23)-c2cc(CS(C)(=O)=O)ccc21)C(=O)O. The maximum absolute atomic E-state index is 13.2. The monoisotopic (exact) mass is 457 g/mol. The van der Waals surface area contributed by atoms with Crippen LogP contribution in [-0.4, -0.2) is 41.2 Å². The van der Waals surface area contributed by atoms with E-state index in [2.05, 4.69) is 4.98 Å². The number of H-pyrrole nitrogens is 1. The number of carbonyl (C=O) groups is 2. The van der Waals surface area contributed by atoms with Crippen molar-refractivity contribution < 1.29 is 23.1 Å². The van der Waals surface area contributed by atoms with E-state index in [4.69, 9.17) is 0 Å². The van der Waals surface area contributed by atoms with Gasteiger partial charge in [0.05, 0.1) is 23.9 Å². The summed E-state index contributed by atoms with van der Waals surface area (Å²) >= 11 is 0. The van der Waals surface area contributed by atoms with E-state index < -0.39 is 21.7 Å². The summed E-state index contributed by atoms with van der Waals surface area (Å²) in [5.41, 5.74) is 3.31. The van der Waals surface area contributed by atoms with E-state index >= 15 is 0 Å². The molecule has 0 saturated carbocycles. The van der Waals surface area contributed by atoms with Crippen molar-refractivity contribution in [3.63, 3.8) is 0 Å². The number of fused-ring (bicyclic) bond motifs is 2. The zero-order chi connectivity index (χ0) is 23.4. The van der Waals surface area contributed by atoms with Crippen LogP contribution in [0, 0.1) is 5.92 Å². The Kier molecular flexibility index (Phi) is 5.20. The van der Waals surface area contributed by atoms with Crippen LogP contribution in [0.25, 0.3) is 22.0 Å². The van der Waals surface area contributed by atoms with E-state index in [1.165, 1.54) is 16.4 Å². The van der Waals surface area contributed by atoms with Crippen molar-refractivity contribution in [2.45, 2.75) is 25.6 Å². The highest BCUT2D eigenvalue weighted by Gasteiger charge is 2.29. The Morgan fingerprint density at radius 1 is 1.25 bits per heavy atom. The molecule has 1 aromatic carbocycles. The number of sulfone groups is 1. The third-order valence-electron chi connectivity index (χ3n) is 5.69. The van der Waals surface area contributed by atoms with Crippen molar-refractivity contribution in [2.75, 3.05) is 11.2 Å². The van der Waals surface area contributed by atoms with Crippen molar-refractivity contribution in [1.82, 2.24) is 9.55 Å². The molecule has 10 heteroatoms. The second-order valence-electron chi connectivity index (χ2n) is 8.37. The molecule has 1 aliphatic heterocycles. The van der Waals surface area contributed by atoms with Gasteiger partial charge in [0.25, 0.3) is 5.56 Å². The summed E-state index contributed by atoms with van der Waals surface area (Å²) < 4.78 is 25.2. The van der Waals surface area contributed by atoms with Gasteiger partial charge in [0.2, 0.25) is 5.91 Å². The van der Waals surface area contributed by atoms with E-state index in [1.807, 2.05) is 0 Å². The van der Waals surface area contributed by atoms with Crippen molar-refractivity contribution >= 4 is 38.3 Å². The Balaban J connectivity index is 1.96. The van der Waals surface area contributed by atoms with Gasteiger partial charge in [0.15, 0.2) is 9.84 Å². The number of aryl methyl sites for hydroxylation is 1. The van der Waals surface area contributed by atoms with Gasteiger partial charge < -0.3 is 19.6 Å². The Hall–Kier alpha value is -3.40. The number of aromatic nitrogens is 2. The number of anilines is 1. The molecule has 0 fully saturated rings. The molecule has 2 aromatic heterocycles. The fourth-order valence-corrected chi connectivity index (χ4v) is 4.91. The molecule has 0 bridgehead atoms. The van der Waals surface area contributed by atoms with E-state index in [0.29, 0.717) is 33.3 Å². The van der Waals surface area contributed by atoms with Gasteiger partial charge in [-0.3, -0.25) is 14.4 Å². The van der Waals surface area contributed by atoms with Crippen molar-refractivity contribution in [3.05, 3.63) is 52.1 Å². The lowest BCUT2D eigenvalue weighted by molar-refractivity contribution is -0.143. The fraction of sp³-hybridized carbons (Fsp3) is 0.318. The molecule has 0 saturated heterocycles. The first-order valence-corrected chi connectivity index (χ1v) is 12.1. The first-order valence-electron chi connectivity index (χ1n) is 10.00. The fourth-order valence-electron chi connectivity index (χ4n) is 4.13. The maximum atomic E-state index is 13.2. The first kappa shape index (κ1) is 21.8. The predicted molar refractivity (Wildman–Crippen MR) is 120 cm³/mol. The van der Waals surface area contributed by atoms with Crippen LogP contribution in [0.2, 0.25) is 0 Å². The molecule has 32 heavy (non-hydrogen) atoms. The molecule has 1 unspecified atom stereocenters. The largest absolute Gasteiger partial charge is 0.481 e. The summed E-state index contributed by atoms with van der Waals surface area (Å²) in [7, 11) is -1.67. The number of carboxylic acids is 1. The van der Waals surface area contributed by atoms with Crippen LogP contribution in [0.5, 0.6) is 0 Å². The summed E-state index contributed by atoms with van der Waals surface area (Å²) in [6, 6.07) is 5.06.